The van der Waals surface area contributed by atoms with E-state index in [1.165, 1.54) is 55.7 Å². The molecule has 5 heteroatoms. The van der Waals surface area contributed by atoms with Crippen LogP contribution in [0, 0.1) is 13.8 Å². The Balaban J connectivity index is 1.61. The van der Waals surface area contributed by atoms with Crippen LogP contribution in [0.1, 0.15) is 59.7 Å². The number of hydrogen-bond donors (Lipinski definition) is 0. The summed E-state index contributed by atoms with van der Waals surface area (Å²) in [6.07, 6.45) is -0.582. The van der Waals surface area contributed by atoms with Crippen LogP contribution in [-0.4, -0.2) is 37.3 Å². The van der Waals surface area contributed by atoms with E-state index in [2.05, 4.69) is 172 Å². The van der Waals surface area contributed by atoms with Crippen molar-refractivity contribution in [1.82, 2.24) is 9.13 Å². The Morgan fingerprint density at radius 2 is 0.889 bits per heavy atom. The molecule has 0 N–H and O–H groups in total. The number of aryl methyl sites for hydroxylation is 2. The van der Waals surface area contributed by atoms with Gasteiger partial charge in [-0.15, -0.1) is 0 Å². The first-order valence-corrected chi connectivity index (χ1v) is 16.1. The fourth-order valence-electron chi connectivity index (χ4n) is 7.05. The van der Waals surface area contributed by atoms with Gasteiger partial charge in [0, 0.05) is 97.0 Å². The van der Waals surface area contributed by atoms with Crippen molar-refractivity contribution in [2.24, 2.45) is 0 Å². The first-order chi connectivity index (χ1) is 21.7. The highest BCUT2D eigenvalue weighted by atomic mass is 16.5. The highest BCUT2D eigenvalue weighted by molar-refractivity contribution is 5.87. The molecule has 0 spiro atoms. The zero-order valence-corrected chi connectivity index (χ0v) is 28.0. The van der Waals surface area contributed by atoms with Gasteiger partial charge in [-0.05, 0) is 75.2 Å². The van der Waals surface area contributed by atoms with Crippen LogP contribution in [0.25, 0.3) is 21.8 Å². The van der Waals surface area contributed by atoms with Gasteiger partial charge < -0.3 is 23.7 Å². The number of aromatic nitrogens is 2. The molecule has 0 amide bonds. The second-order valence-corrected chi connectivity index (χ2v) is 12.4. The van der Waals surface area contributed by atoms with Crippen molar-refractivity contribution in [2.45, 2.75) is 53.0 Å². The largest absolute Gasteiger partial charge is 0.378 e. The summed E-state index contributed by atoms with van der Waals surface area (Å²) in [5.41, 5.74) is 12.1. The lowest BCUT2D eigenvalue weighted by molar-refractivity contribution is 0.0315. The lowest BCUT2D eigenvalue weighted by Gasteiger charge is -2.28. The summed E-state index contributed by atoms with van der Waals surface area (Å²) in [4.78, 5) is 4.29. The lowest BCUT2D eigenvalue weighted by atomic mass is 9.94. The summed E-state index contributed by atoms with van der Waals surface area (Å²) < 4.78 is 12.5. The maximum Gasteiger partial charge on any atom is 0.111 e. The van der Waals surface area contributed by atoms with Crippen LogP contribution in [0.4, 0.5) is 11.4 Å². The van der Waals surface area contributed by atoms with E-state index in [9.17, 15) is 0 Å². The Labute approximate surface area is 268 Å². The normalized spacial score (nSPS) is 13.0. The summed E-state index contributed by atoms with van der Waals surface area (Å²) in [5.74, 6) is 0. The van der Waals surface area contributed by atoms with Crippen molar-refractivity contribution in [3.63, 3.8) is 0 Å². The highest BCUT2D eigenvalue weighted by Crippen LogP contribution is 2.44. The molecule has 0 saturated carbocycles. The predicted molar refractivity (Wildman–Crippen MR) is 191 cm³/mol. The van der Waals surface area contributed by atoms with Crippen LogP contribution in [0.5, 0.6) is 0 Å². The van der Waals surface area contributed by atoms with Crippen LogP contribution >= 0.6 is 0 Å². The number of anilines is 2. The molecular formula is C40H46N4O. The van der Waals surface area contributed by atoms with E-state index < -0.39 is 0 Å². The third-order valence-electron chi connectivity index (χ3n) is 9.41. The zero-order chi connectivity index (χ0) is 31.8. The molecule has 0 radical (unpaired) electrons. The summed E-state index contributed by atoms with van der Waals surface area (Å²) in [6, 6.07) is 35.3. The van der Waals surface area contributed by atoms with Crippen molar-refractivity contribution >= 4 is 33.2 Å². The fourth-order valence-corrected chi connectivity index (χ4v) is 7.05. The van der Waals surface area contributed by atoms with Crippen molar-refractivity contribution in [2.75, 3.05) is 38.0 Å². The Morgan fingerprint density at radius 3 is 1.22 bits per heavy atom. The third kappa shape index (κ3) is 5.40. The molecule has 0 saturated heterocycles. The Bertz CT molecular complexity index is 1780. The van der Waals surface area contributed by atoms with E-state index in [4.69, 9.17) is 4.74 Å². The van der Waals surface area contributed by atoms with Crippen LogP contribution in [-0.2, 0) is 17.8 Å². The molecule has 0 fully saturated rings. The Kier molecular flexibility index (Phi) is 8.48. The molecule has 2 unspecified atom stereocenters. The van der Waals surface area contributed by atoms with E-state index in [0.717, 1.165) is 24.2 Å². The lowest BCUT2D eigenvalue weighted by Crippen LogP contribution is -2.16. The number of rotatable bonds is 10. The van der Waals surface area contributed by atoms with Gasteiger partial charge in [-0.1, -0.05) is 60.7 Å². The van der Waals surface area contributed by atoms with Gasteiger partial charge in [-0.2, -0.15) is 0 Å². The molecule has 4 aromatic carbocycles. The Hall–Kier alpha value is -4.48. The van der Waals surface area contributed by atoms with Crippen LogP contribution < -0.4 is 9.80 Å². The zero-order valence-electron chi connectivity index (χ0n) is 28.0. The molecule has 5 nitrogen and oxygen atoms in total. The minimum absolute atomic E-state index is 0.291. The van der Waals surface area contributed by atoms with Gasteiger partial charge in [0.2, 0.25) is 0 Å². The number of benzene rings is 4. The smallest absolute Gasteiger partial charge is 0.111 e. The van der Waals surface area contributed by atoms with Crippen LogP contribution in [0.3, 0.4) is 0 Å². The molecule has 2 aromatic heterocycles. The van der Waals surface area contributed by atoms with Crippen molar-refractivity contribution in [3.05, 3.63) is 131 Å². The Morgan fingerprint density at radius 1 is 0.533 bits per heavy atom. The second-order valence-electron chi connectivity index (χ2n) is 12.4. The molecule has 0 aliphatic rings. The van der Waals surface area contributed by atoms with Crippen molar-refractivity contribution in [1.29, 1.82) is 0 Å². The summed E-state index contributed by atoms with van der Waals surface area (Å²) in [7, 11) is 8.34. The molecule has 45 heavy (non-hydrogen) atoms. The molecule has 2 heterocycles. The molecule has 0 aliphatic carbocycles. The van der Waals surface area contributed by atoms with Crippen LogP contribution in [0.15, 0.2) is 97.1 Å². The molecule has 232 valence electrons. The minimum atomic E-state index is -0.291. The third-order valence-corrected chi connectivity index (χ3v) is 9.41. The molecule has 0 aliphatic heterocycles. The molecule has 6 rings (SSSR count). The number of fused-ring (bicyclic) bond motifs is 2. The summed E-state index contributed by atoms with van der Waals surface area (Å²) >= 11 is 0. The van der Waals surface area contributed by atoms with E-state index in [0.29, 0.717) is 0 Å². The van der Waals surface area contributed by atoms with E-state index in [1.807, 2.05) is 0 Å². The van der Waals surface area contributed by atoms with Crippen LogP contribution in [0.2, 0.25) is 0 Å². The van der Waals surface area contributed by atoms with Gasteiger partial charge in [-0.25, -0.2) is 0 Å². The van der Waals surface area contributed by atoms with Gasteiger partial charge in [0.05, 0.1) is 0 Å². The van der Waals surface area contributed by atoms with Gasteiger partial charge in [0.25, 0.3) is 0 Å². The maximum absolute atomic E-state index is 7.64. The summed E-state index contributed by atoms with van der Waals surface area (Å²) in [6.45, 7) is 10.7. The van der Waals surface area contributed by atoms with Crippen molar-refractivity contribution in [3.8, 4) is 0 Å². The fraction of sp³-hybridized carbons (Fsp3) is 0.300. The first-order valence-electron chi connectivity index (χ1n) is 16.1. The number of nitrogens with zero attached hydrogens (tertiary/aromatic N) is 4. The standard InChI is InChI=1S/C40H46N4O/c1-9-43-27(3)37(33-15-11-13-17-35(33)43)39(29-19-23-31(24-20-29)41(5)6)45-40(30-21-25-32(26-22-30)42(7)8)38-28(4)44(10-2)36-18-14-12-16-34(36)38/h11-26,39-40H,9-10H2,1-8H3. The van der Waals surface area contributed by atoms with E-state index in [1.54, 1.807) is 0 Å². The molecule has 0 bridgehead atoms. The average Bonchev–Trinajstić information content (AvgIpc) is 3.50. The topological polar surface area (TPSA) is 25.6 Å². The minimum Gasteiger partial charge on any atom is -0.378 e. The summed E-state index contributed by atoms with van der Waals surface area (Å²) in [5, 5.41) is 2.49. The molecule has 6 aromatic rings. The SMILES string of the molecule is CCn1c(C)c(C(OC(c2ccc(N(C)C)cc2)c2c(C)n(CC)c3ccccc23)c2ccc(N(C)C)cc2)c2ccccc21. The quantitative estimate of drug-likeness (QED) is 0.157. The maximum atomic E-state index is 7.64. The number of ether oxygens (including phenoxy) is 1. The molecular weight excluding hydrogens is 552 g/mol. The van der Waals surface area contributed by atoms with Gasteiger partial charge in [0.1, 0.15) is 12.2 Å². The monoisotopic (exact) mass is 598 g/mol. The van der Waals surface area contributed by atoms with E-state index in [-0.39, 0.29) is 12.2 Å². The average molecular weight is 599 g/mol. The van der Waals surface area contributed by atoms with Gasteiger partial charge in [0.15, 0.2) is 0 Å². The predicted octanol–water partition coefficient (Wildman–Crippen LogP) is 9.28. The second kappa shape index (κ2) is 12.5. The first kappa shape index (κ1) is 30.5. The van der Waals surface area contributed by atoms with Crippen molar-refractivity contribution < 1.29 is 4.74 Å². The van der Waals surface area contributed by atoms with Gasteiger partial charge in [-0.3, -0.25) is 0 Å². The molecule has 2 atom stereocenters. The number of para-hydroxylation sites is 2. The highest BCUT2D eigenvalue weighted by Gasteiger charge is 2.31. The number of hydrogen-bond acceptors (Lipinski definition) is 3. The van der Waals surface area contributed by atoms with Gasteiger partial charge >= 0.3 is 0 Å². The van der Waals surface area contributed by atoms with E-state index >= 15 is 0 Å².